The molecule has 188 valence electrons. The fourth-order valence-electron chi connectivity index (χ4n) is 4.85. The van der Waals surface area contributed by atoms with Crippen LogP contribution in [0.3, 0.4) is 0 Å². The summed E-state index contributed by atoms with van der Waals surface area (Å²) < 4.78 is 12.9. The third-order valence-electron chi connectivity index (χ3n) is 6.75. The Morgan fingerprint density at radius 3 is 2.78 bits per heavy atom. The number of benzene rings is 2. The van der Waals surface area contributed by atoms with Crippen molar-refractivity contribution in [2.24, 2.45) is 7.05 Å². The monoisotopic (exact) mass is 506 g/mol. The van der Waals surface area contributed by atoms with Crippen LogP contribution in [0.2, 0.25) is 5.02 Å². The maximum Gasteiger partial charge on any atom is 0.258 e. The van der Waals surface area contributed by atoms with Crippen molar-refractivity contribution in [2.45, 2.75) is 32.1 Å². The highest BCUT2D eigenvalue weighted by atomic mass is 35.5. The van der Waals surface area contributed by atoms with Crippen LogP contribution in [0.4, 0.5) is 5.69 Å². The second kappa shape index (κ2) is 10.8. The number of rotatable bonds is 9. The van der Waals surface area contributed by atoms with Gasteiger partial charge in [-0.2, -0.15) is 0 Å². The zero-order valence-electron chi connectivity index (χ0n) is 20.7. The van der Waals surface area contributed by atoms with E-state index in [-0.39, 0.29) is 5.56 Å². The van der Waals surface area contributed by atoms with E-state index in [2.05, 4.69) is 16.7 Å². The maximum atomic E-state index is 12.5. The van der Waals surface area contributed by atoms with Crippen LogP contribution in [0.25, 0.3) is 21.7 Å². The maximum absolute atomic E-state index is 12.5. The first-order valence-electron chi connectivity index (χ1n) is 12.4. The van der Waals surface area contributed by atoms with Crippen molar-refractivity contribution >= 4 is 39.0 Å². The lowest BCUT2D eigenvalue weighted by atomic mass is 9.92. The van der Waals surface area contributed by atoms with Gasteiger partial charge in [-0.05, 0) is 86.0 Å². The Balaban J connectivity index is 1.18. The molecule has 0 amide bonds. The smallest absolute Gasteiger partial charge is 0.258 e. The van der Waals surface area contributed by atoms with Gasteiger partial charge in [-0.25, -0.2) is 0 Å². The van der Waals surface area contributed by atoms with E-state index in [0.29, 0.717) is 28.6 Å². The molecule has 2 N–H and O–H groups in total. The molecule has 2 aromatic heterocycles. The largest absolute Gasteiger partial charge is 0.493 e. The molecule has 0 atom stereocenters. The van der Waals surface area contributed by atoms with Crippen LogP contribution in [0.15, 0.2) is 47.4 Å². The lowest BCUT2D eigenvalue weighted by Gasteiger charge is -2.22. The van der Waals surface area contributed by atoms with Gasteiger partial charge >= 0.3 is 0 Å². The predicted octanol–water partition coefficient (Wildman–Crippen LogP) is 5.06. The van der Waals surface area contributed by atoms with E-state index in [4.69, 9.17) is 26.1 Å². The number of ether oxygens (including phenoxy) is 2. The molecule has 0 saturated carbocycles. The Kier molecular flexibility index (Phi) is 7.30. The van der Waals surface area contributed by atoms with E-state index in [1.165, 1.54) is 29.8 Å². The quantitative estimate of drug-likeness (QED) is 0.244. The van der Waals surface area contributed by atoms with E-state index >= 15 is 0 Å². The Hall–Kier alpha value is -3.29. The van der Waals surface area contributed by atoms with Crippen LogP contribution in [0, 0.1) is 0 Å². The highest BCUT2D eigenvalue weighted by Crippen LogP contribution is 2.34. The molecule has 0 saturated heterocycles. The molecule has 0 fully saturated rings. The van der Waals surface area contributed by atoms with Crippen LogP contribution >= 0.6 is 11.6 Å². The third kappa shape index (κ3) is 4.99. The summed E-state index contributed by atoms with van der Waals surface area (Å²) >= 11 is 6.23. The van der Waals surface area contributed by atoms with Gasteiger partial charge in [0, 0.05) is 41.6 Å². The number of nitrogens with one attached hydrogen (secondary N) is 2. The zero-order valence-corrected chi connectivity index (χ0v) is 21.5. The van der Waals surface area contributed by atoms with Crippen LogP contribution in [0.1, 0.15) is 30.5 Å². The van der Waals surface area contributed by atoms with Crippen molar-refractivity contribution in [3.05, 3.63) is 69.2 Å². The first-order valence-corrected chi connectivity index (χ1v) is 12.8. The van der Waals surface area contributed by atoms with Crippen LogP contribution < -0.4 is 25.7 Å². The average Bonchev–Trinajstić information content (AvgIpc) is 2.89. The zero-order chi connectivity index (χ0) is 25.1. The van der Waals surface area contributed by atoms with Gasteiger partial charge in [0.2, 0.25) is 0 Å². The van der Waals surface area contributed by atoms with Crippen molar-refractivity contribution in [3.8, 4) is 11.5 Å². The van der Waals surface area contributed by atoms with E-state index in [0.717, 1.165) is 48.6 Å². The molecule has 2 heterocycles. The van der Waals surface area contributed by atoms with Crippen molar-refractivity contribution in [1.29, 1.82) is 0 Å². The minimum Gasteiger partial charge on any atom is -0.493 e. The van der Waals surface area contributed by atoms with Crippen LogP contribution in [-0.2, 0) is 19.9 Å². The fraction of sp³-hybridized carbons (Fsp3) is 0.357. The molecule has 0 spiro atoms. The van der Waals surface area contributed by atoms with Gasteiger partial charge in [0.05, 0.1) is 18.0 Å². The van der Waals surface area contributed by atoms with Crippen molar-refractivity contribution < 1.29 is 9.47 Å². The van der Waals surface area contributed by atoms with Gasteiger partial charge in [0.15, 0.2) is 11.5 Å². The minimum absolute atomic E-state index is 0.0628. The van der Waals surface area contributed by atoms with Gasteiger partial charge in [-0.15, -0.1) is 0 Å². The summed E-state index contributed by atoms with van der Waals surface area (Å²) in [7, 11) is 3.34. The second-order valence-corrected chi connectivity index (χ2v) is 9.61. The van der Waals surface area contributed by atoms with E-state index < -0.39 is 0 Å². The number of aryl methyl sites for hydroxylation is 2. The summed E-state index contributed by atoms with van der Waals surface area (Å²) in [6.45, 7) is 1.93. The Morgan fingerprint density at radius 1 is 1.06 bits per heavy atom. The van der Waals surface area contributed by atoms with Gasteiger partial charge in [-0.1, -0.05) is 11.6 Å². The average molecular weight is 507 g/mol. The molecular weight excluding hydrogens is 476 g/mol. The molecule has 7 nitrogen and oxygen atoms in total. The standard InChI is InChI=1S/C28H31ClN4O3/c1-33-13-10-18-14-25(35-2)26(16-22(18)28(33)34)36-17-30-11-5-12-31-27-20-6-3-4-7-23(20)32-24-15-19(29)8-9-21(24)27/h8-10,13-16,30H,3-7,11-12,17H2,1-2H3,(H,31,32). The number of methoxy groups -OCH3 is 1. The number of hydrogen-bond donors (Lipinski definition) is 2. The molecule has 1 aliphatic carbocycles. The highest BCUT2D eigenvalue weighted by Gasteiger charge is 2.18. The van der Waals surface area contributed by atoms with Crippen molar-refractivity contribution in [3.63, 3.8) is 0 Å². The van der Waals surface area contributed by atoms with Gasteiger partial charge in [0.1, 0.15) is 6.73 Å². The molecule has 0 radical (unpaired) electrons. The van der Waals surface area contributed by atoms with Crippen LogP contribution in [0.5, 0.6) is 11.5 Å². The van der Waals surface area contributed by atoms with E-state index in [1.54, 1.807) is 31.0 Å². The highest BCUT2D eigenvalue weighted by molar-refractivity contribution is 6.31. The minimum atomic E-state index is -0.0628. The summed E-state index contributed by atoms with van der Waals surface area (Å²) in [4.78, 5) is 17.4. The van der Waals surface area contributed by atoms with Crippen molar-refractivity contribution in [2.75, 3.05) is 32.2 Å². The SMILES string of the molecule is COc1cc2ccn(C)c(=O)c2cc1OCNCCCNc1c2c(nc3cc(Cl)ccc13)CCCC2. The predicted molar refractivity (Wildman–Crippen MR) is 146 cm³/mol. The molecule has 0 unspecified atom stereocenters. The molecule has 5 rings (SSSR count). The number of nitrogens with zero attached hydrogens (tertiary/aromatic N) is 2. The van der Waals surface area contributed by atoms with Crippen molar-refractivity contribution in [1.82, 2.24) is 14.9 Å². The number of fused-ring (bicyclic) bond motifs is 3. The summed E-state index contributed by atoms with van der Waals surface area (Å²) in [5, 5.41) is 10.3. The molecular formula is C28H31ClN4O3. The summed E-state index contributed by atoms with van der Waals surface area (Å²) in [5.41, 5.74) is 4.64. The Labute approximate surface area is 215 Å². The normalized spacial score (nSPS) is 13.1. The first-order chi connectivity index (χ1) is 17.5. The Morgan fingerprint density at radius 2 is 1.92 bits per heavy atom. The third-order valence-corrected chi connectivity index (χ3v) is 6.99. The number of halogens is 1. The number of pyridine rings is 2. The molecule has 4 aromatic rings. The summed E-state index contributed by atoms with van der Waals surface area (Å²) in [6, 6.07) is 11.4. The number of hydrogen-bond acceptors (Lipinski definition) is 6. The fourth-order valence-corrected chi connectivity index (χ4v) is 5.02. The molecule has 8 heteroatoms. The molecule has 0 bridgehead atoms. The van der Waals surface area contributed by atoms with Gasteiger partial charge in [0.25, 0.3) is 5.56 Å². The lowest BCUT2D eigenvalue weighted by Crippen LogP contribution is -2.23. The van der Waals surface area contributed by atoms with Gasteiger partial charge < -0.3 is 19.4 Å². The van der Waals surface area contributed by atoms with Crippen LogP contribution in [-0.4, -0.2) is 36.5 Å². The number of anilines is 1. The molecule has 1 aliphatic rings. The van der Waals surface area contributed by atoms with E-state index in [1.807, 2.05) is 24.3 Å². The molecule has 0 aliphatic heterocycles. The Bertz CT molecular complexity index is 1470. The second-order valence-electron chi connectivity index (χ2n) is 9.17. The number of aromatic nitrogens is 2. The summed E-state index contributed by atoms with van der Waals surface area (Å²) in [5.74, 6) is 1.15. The topological polar surface area (TPSA) is 77.4 Å². The molecule has 36 heavy (non-hydrogen) atoms. The van der Waals surface area contributed by atoms with Gasteiger partial charge in [-0.3, -0.25) is 15.1 Å². The van der Waals surface area contributed by atoms with E-state index in [9.17, 15) is 4.79 Å². The summed E-state index contributed by atoms with van der Waals surface area (Å²) in [6.07, 6.45) is 7.14. The lowest BCUT2D eigenvalue weighted by molar-refractivity contribution is 0.268. The first kappa shape index (κ1) is 24.4. The molecule has 2 aromatic carbocycles.